The second kappa shape index (κ2) is 6.95. The number of esters is 1. The number of hydrogen-bond donors (Lipinski definition) is 1. The van der Waals surface area contributed by atoms with Gasteiger partial charge in [-0.2, -0.15) is 0 Å². The monoisotopic (exact) mass is 325 g/mol. The number of rotatable bonds is 4. The number of aromatic amines is 1. The number of nitrogens with one attached hydrogen (secondary N) is 1. The van der Waals surface area contributed by atoms with E-state index in [2.05, 4.69) is 21.9 Å². The molecule has 0 bridgehead atoms. The lowest BCUT2D eigenvalue weighted by Gasteiger charge is -2.18. The van der Waals surface area contributed by atoms with E-state index < -0.39 is 0 Å². The number of fused-ring (bicyclic) bond motifs is 3. The van der Waals surface area contributed by atoms with E-state index in [1.54, 1.807) is 20.1 Å². The number of carbonyl (C=O) groups excluding carboxylic acids is 1. The van der Waals surface area contributed by atoms with Crippen molar-refractivity contribution in [2.45, 2.75) is 32.6 Å². The van der Waals surface area contributed by atoms with Crippen LogP contribution in [-0.4, -0.2) is 25.2 Å². The number of carbonyl (C=O) groups is 1. The molecule has 1 aliphatic rings. The highest BCUT2D eigenvalue weighted by molar-refractivity contribution is 5.92. The van der Waals surface area contributed by atoms with Gasteiger partial charge in [0.15, 0.2) is 0 Å². The topological polar surface area (TPSA) is 51.3 Å². The van der Waals surface area contributed by atoms with Crippen molar-refractivity contribution in [1.82, 2.24) is 4.98 Å². The summed E-state index contributed by atoms with van der Waals surface area (Å²) in [4.78, 5) is 14.9. The highest BCUT2D eigenvalue weighted by Gasteiger charge is 2.17. The lowest BCUT2D eigenvalue weighted by Crippen LogP contribution is -2.04. The van der Waals surface area contributed by atoms with Crippen molar-refractivity contribution >= 4 is 22.9 Å². The molecule has 24 heavy (non-hydrogen) atoms. The molecule has 1 heterocycles. The maximum atomic E-state index is 11.4. The maximum Gasteiger partial charge on any atom is 0.333 e. The molecule has 0 amide bonds. The molecular formula is C20H23NO3. The van der Waals surface area contributed by atoms with Gasteiger partial charge in [-0.1, -0.05) is 12.2 Å². The summed E-state index contributed by atoms with van der Waals surface area (Å²) < 4.78 is 10.3. The Hall–Kier alpha value is -2.49. The molecular weight excluding hydrogens is 302 g/mol. The van der Waals surface area contributed by atoms with Crippen LogP contribution in [0.2, 0.25) is 0 Å². The Morgan fingerprint density at radius 1 is 1.21 bits per heavy atom. The largest absolute Gasteiger partial charge is 0.496 e. The van der Waals surface area contributed by atoms with Gasteiger partial charge in [-0.25, -0.2) is 4.79 Å². The van der Waals surface area contributed by atoms with Gasteiger partial charge in [-0.3, -0.25) is 0 Å². The number of methoxy groups -OCH3 is 2. The normalized spacial score (nSPS) is 14.9. The van der Waals surface area contributed by atoms with Crippen LogP contribution >= 0.6 is 0 Å². The number of ether oxygens (including phenoxy) is 2. The highest BCUT2D eigenvalue weighted by atomic mass is 16.5. The molecule has 0 fully saturated rings. The molecule has 126 valence electrons. The lowest BCUT2D eigenvalue weighted by atomic mass is 9.90. The van der Waals surface area contributed by atoms with E-state index in [0.29, 0.717) is 5.57 Å². The van der Waals surface area contributed by atoms with Crippen molar-refractivity contribution < 1.29 is 14.3 Å². The van der Waals surface area contributed by atoms with Gasteiger partial charge in [0.1, 0.15) is 5.75 Å². The van der Waals surface area contributed by atoms with Gasteiger partial charge in [0, 0.05) is 16.7 Å². The summed E-state index contributed by atoms with van der Waals surface area (Å²) in [6, 6.07) is 4.28. The molecule has 0 spiro atoms. The Morgan fingerprint density at radius 3 is 2.75 bits per heavy atom. The summed E-state index contributed by atoms with van der Waals surface area (Å²) in [5.41, 5.74) is 5.55. The van der Waals surface area contributed by atoms with Crippen LogP contribution in [0.15, 0.2) is 29.9 Å². The molecule has 4 heteroatoms. The van der Waals surface area contributed by atoms with Crippen molar-refractivity contribution in [3.05, 3.63) is 46.7 Å². The molecule has 2 aromatic rings. The Bertz CT molecular complexity index is 827. The van der Waals surface area contributed by atoms with E-state index in [-0.39, 0.29) is 5.97 Å². The predicted octanol–water partition coefficient (Wildman–Crippen LogP) is 4.19. The van der Waals surface area contributed by atoms with Crippen LogP contribution in [-0.2, 0) is 22.4 Å². The summed E-state index contributed by atoms with van der Waals surface area (Å²) in [6.07, 6.45) is 10.3. The zero-order valence-corrected chi connectivity index (χ0v) is 14.4. The molecule has 0 saturated heterocycles. The van der Waals surface area contributed by atoms with Gasteiger partial charge < -0.3 is 14.5 Å². The molecule has 1 N–H and O–H groups in total. The van der Waals surface area contributed by atoms with Crippen molar-refractivity contribution in [2.24, 2.45) is 0 Å². The van der Waals surface area contributed by atoms with Crippen LogP contribution < -0.4 is 4.74 Å². The van der Waals surface area contributed by atoms with Crippen LogP contribution in [0.3, 0.4) is 0 Å². The molecule has 1 aromatic carbocycles. The van der Waals surface area contributed by atoms with E-state index in [4.69, 9.17) is 4.74 Å². The predicted molar refractivity (Wildman–Crippen MR) is 96.3 cm³/mol. The van der Waals surface area contributed by atoms with E-state index in [1.165, 1.54) is 36.6 Å². The fraction of sp³-hybridized carbons (Fsp3) is 0.350. The standard InChI is InChI=1S/C20H23NO3/c1-13(20(22)24-3)7-6-9-15-12-17-18(23-2)11-14-8-4-5-10-16(14)19(17)21-15/h6-7,9,11-12,21H,4-5,8,10H2,1-3H3/b9-6-,13-7+. The van der Waals surface area contributed by atoms with E-state index >= 15 is 0 Å². The van der Waals surface area contributed by atoms with Gasteiger partial charge in [-0.15, -0.1) is 0 Å². The molecule has 0 atom stereocenters. The number of aromatic nitrogens is 1. The van der Waals surface area contributed by atoms with Gasteiger partial charge in [-0.05, 0) is 61.9 Å². The first-order valence-electron chi connectivity index (χ1n) is 8.28. The van der Waals surface area contributed by atoms with Crippen LogP contribution in [0.4, 0.5) is 0 Å². The first kappa shape index (κ1) is 16.4. The highest BCUT2D eigenvalue weighted by Crippen LogP contribution is 2.35. The van der Waals surface area contributed by atoms with Gasteiger partial charge in [0.25, 0.3) is 0 Å². The molecule has 3 rings (SSSR count). The molecule has 0 unspecified atom stereocenters. The third-order valence-electron chi connectivity index (χ3n) is 4.57. The fourth-order valence-electron chi connectivity index (χ4n) is 3.30. The Morgan fingerprint density at radius 2 is 2.00 bits per heavy atom. The molecule has 1 aliphatic carbocycles. The maximum absolute atomic E-state index is 11.4. The van der Waals surface area contributed by atoms with Crippen LogP contribution in [0.1, 0.15) is 36.6 Å². The van der Waals surface area contributed by atoms with Crippen molar-refractivity contribution in [3.8, 4) is 5.75 Å². The van der Waals surface area contributed by atoms with E-state index in [1.807, 2.05) is 12.2 Å². The minimum Gasteiger partial charge on any atom is -0.496 e. The number of benzene rings is 1. The fourth-order valence-corrected chi connectivity index (χ4v) is 3.30. The van der Waals surface area contributed by atoms with E-state index in [9.17, 15) is 4.79 Å². The second-order valence-electron chi connectivity index (χ2n) is 6.14. The molecule has 0 aliphatic heterocycles. The molecule has 0 radical (unpaired) electrons. The summed E-state index contributed by atoms with van der Waals surface area (Å²) >= 11 is 0. The Balaban J connectivity index is 1.97. The van der Waals surface area contributed by atoms with Gasteiger partial charge in [0.2, 0.25) is 0 Å². The van der Waals surface area contributed by atoms with E-state index in [0.717, 1.165) is 29.7 Å². The van der Waals surface area contributed by atoms with Crippen molar-refractivity contribution in [2.75, 3.05) is 14.2 Å². The summed E-state index contributed by atoms with van der Waals surface area (Å²) in [5, 5.41) is 1.12. The zero-order valence-electron chi connectivity index (χ0n) is 14.4. The minimum absolute atomic E-state index is 0.313. The van der Waals surface area contributed by atoms with Crippen LogP contribution in [0.25, 0.3) is 17.0 Å². The third-order valence-corrected chi connectivity index (χ3v) is 4.57. The van der Waals surface area contributed by atoms with Crippen LogP contribution in [0, 0.1) is 0 Å². The first-order chi connectivity index (χ1) is 11.6. The average molecular weight is 325 g/mol. The van der Waals surface area contributed by atoms with Crippen molar-refractivity contribution in [1.29, 1.82) is 0 Å². The van der Waals surface area contributed by atoms with Gasteiger partial charge >= 0.3 is 5.97 Å². The van der Waals surface area contributed by atoms with Crippen molar-refractivity contribution in [3.63, 3.8) is 0 Å². The number of H-pyrrole nitrogens is 1. The number of hydrogen-bond acceptors (Lipinski definition) is 3. The Labute approximate surface area is 142 Å². The second-order valence-corrected chi connectivity index (χ2v) is 6.14. The lowest BCUT2D eigenvalue weighted by molar-refractivity contribution is -0.136. The smallest absolute Gasteiger partial charge is 0.333 e. The average Bonchev–Trinajstić information content (AvgIpc) is 3.04. The summed E-state index contributed by atoms with van der Waals surface area (Å²) in [7, 11) is 3.10. The third kappa shape index (κ3) is 3.09. The van der Waals surface area contributed by atoms with Crippen LogP contribution in [0.5, 0.6) is 5.75 Å². The molecule has 0 saturated carbocycles. The zero-order chi connectivity index (χ0) is 17.1. The quantitative estimate of drug-likeness (QED) is 0.521. The SMILES string of the molecule is COC(=O)/C(C)=C/C=C\c1cc2c(OC)cc3c(c2[nH]1)CCCC3. The minimum atomic E-state index is -0.313. The molecule has 1 aromatic heterocycles. The molecule has 4 nitrogen and oxygen atoms in total. The number of allylic oxidation sites excluding steroid dienone is 2. The first-order valence-corrected chi connectivity index (χ1v) is 8.28. The van der Waals surface area contributed by atoms with Gasteiger partial charge in [0.05, 0.1) is 19.7 Å². The summed E-state index contributed by atoms with van der Waals surface area (Å²) in [6.45, 7) is 1.74. The Kier molecular flexibility index (Phi) is 4.74. The number of aryl methyl sites for hydroxylation is 2. The summed E-state index contributed by atoms with van der Waals surface area (Å²) in [5.74, 6) is 0.606.